The Labute approximate surface area is 77.0 Å². The van der Waals surface area contributed by atoms with E-state index in [4.69, 9.17) is 9.84 Å². The Kier molecular flexibility index (Phi) is 4.15. The largest absolute Gasteiger partial charge is 0.394 e. The summed E-state index contributed by atoms with van der Waals surface area (Å²) in [7, 11) is 0. The Hall–Kier alpha value is -1.19. The van der Waals surface area contributed by atoms with Crippen LogP contribution in [0.2, 0.25) is 0 Å². The van der Waals surface area contributed by atoms with Crippen molar-refractivity contribution in [3.8, 4) is 0 Å². The fourth-order valence-electron chi connectivity index (χ4n) is 1.04. The molecule has 1 N–H and O–H groups in total. The quantitative estimate of drug-likeness (QED) is 0.686. The van der Waals surface area contributed by atoms with Crippen LogP contribution < -0.4 is 0 Å². The van der Waals surface area contributed by atoms with E-state index < -0.39 is 6.10 Å². The number of benzene rings is 1. The fraction of sp³-hybridized carbons (Fsp3) is 0.300. The number of aliphatic hydroxyl groups is 1. The van der Waals surface area contributed by atoms with Gasteiger partial charge in [-0.2, -0.15) is 0 Å². The summed E-state index contributed by atoms with van der Waals surface area (Å²) in [6.07, 6.45) is 0.165. The average Bonchev–Trinajstić information content (AvgIpc) is 2.21. The Balaban J connectivity index is 2.61. The third-order valence-corrected chi connectivity index (χ3v) is 1.64. The van der Waals surface area contributed by atoms with Crippen molar-refractivity contribution in [2.75, 3.05) is 13.2 Å². The SMILES string of the molecule is O=CC(OCCO)c1ccccc1. The van der Waals surface area contributed by atoms with Gasteiger partial charge in [0.1, 0.15) is 6.10 Å². The zero-order valence-corrected chi connectivity index (χ0v) is 7.22. The maximum Gasteiger partial charge on any atom is 0.153 e. The molecule has 1 aromatic rings. The minimum absolute atomic E-state index is 0.0722. The first-order chi connectivity index (χ1) is 6.38. The van der Waals surface area contributed by atoms with Crippen LogP contribution in [0.3, 0.4) is 0 Å². The van der Waals surface area contributed by atoms with Crippen molar-refractivity contribution in [1.29, 1.82) is 0 Å². The van der Waals surface area contributed by atoms with Crippen molar-refractivity contribution in [1.82, 2.24) is 0 Å². The van der Waals surface area contributed by atoms with Crippen LogP contribution >= 0.6 is 0 Å². The molecular weight excluding hydrogens is 168 g/mol. The third-order valence-electron chi connectivity index (χ3n) is 1.64. The van der Waals surface area contributed by atoms with E-state index in [2.05, 4.69) is 0 Å². The van der Waals surface area contributed by atoms with Crippen molar-refractivity contribution in [3.05, 3.63) is 35.9 Å². The molecule has 0 aliphatic heterocycles. The van der Waals surface area contributed by atoms with Crippen molar-refractivity contribution in [2.24, 2.45) is 0 Å². The summed E-state index contributed by atoms with van der Waals surface area (Å²) in [5.41, 5.74) is 0.811. The number of aliphatic hydroxyl groups excluding tert-OH is 1. The van der Waals surface area contributed by atoms with Crippen molar-refractivity contribution in [3.63, 3.8) is 0 Å². The van der Waals surface area contributed by atoms with E-state index >= 15 is 0 Å². The topological polar surface area (TPSA) is 46.5 Å². The minimum atomic E-state index is -0.562. The molecule has 0 heterocycles. The summed E-state index contributed by atoms with van der Waals surface area (Å²) in [6, 6.07) is 9.19. The molecule has 0 amide bonds. The lowest BCUT2D eigenvalue weighted by Gasteiger charge is -2.10. The Bertz CT molecular complexity index is 246. The molecule has 0 bridgehead atoms. The van der Waals surface area contributed by atoms with Crippen LogP contribution in [0.15, 0.2) is 30.3 Å². The molecule has 13 heavy (non-hydrogen) atoms. The summed E-state index contributed by atoms with van der Waals surface area (Å²) < 4.78 is 5.11. The van der Waals surface area contributed by atoms with Gasteiger partial charge < -0.3 is 14.6 Å². The second-order valence-corrected chi connectivity index (χ2v) is 2.56. The number of carbonyl (C=O) groups is 1. The van der Waals surface area contributed by atoms with Gasteiger partial charge in [0, 0.05) is 0 Å². The van der Waals surface area contributed by atoms with E-state index in [1.807, 2.05) is 30.3 Å². The third kappa shape index (κ3) is 2.97. The van der Waals surface area contributed by atoms with Crippen LogP contribution in [0, 0.1) is 0 Å². The molecule has 0 aromatic heterocycles. The molecule has 0 spiro atoms. The molecule has 0 saturated heterocycles. The van der Waals surface area contributed by atoms with Crippen LogP contribution in [0.4, 0.5) is 0 Å². The molecule has 70 valence electrons. The number of hydrogen-bond donors (Lipinski definition) is 1. The standard InChI is InChI=1S/C10H12O3/c11-6-7-13-10(8-12)9-4-2-1-3-5-9/h1-5,8,10-11H,6-7H2. The van der Waals surface area contributed by atoms with Gasteiger partial charge in [0.2, 0.25) is 0 Å². The molecule has 0 aliphatic rings. The lowest BCUT2D eigenvalue weighted by atomic mass is 10.1. The lowest BCUT2D eigenvalue weighted by molar-refractivity contribution is -0.119. The van der Waals surface area contributed by atoms with Crippen molar-refractivity contribution < 1.29 is 14.6 Å². The zero-order chi connectivity index (χ0) is 9.52. The van der Waals surface area contributed by atoms with Gasteiger partial charge in [0.15, 0.2) is 6.29 Å². The summed E-state index contributed by atoms with van der Waals surface area (Å²) in [5, 5.41) is 8.52. The van der Waals surface area contributed by atoms with Gasteiger partial charge in [0.05, 0.1) is 13.2 Å². The van der Waals surface area contributed by atoms with Crippen LogP contribution in [0.25, 0.3) is 0 Å². The average molecular weight is 180 g/mol. The highest BCUT2D eigenvalue weighted by Crippen LogP contribution is 2.13. The molecule has 1 unspecified atom stereocenters. The number of carbonyl (C=O) groups excluding carboxylic acids is 1. The second-order valence-electron chi connectivity index (χ2n) is 2.56. The predicted molar refractivity (Wildman–Crippen MR) is 48.3 cm³/mol. The van der Waals surface area contributed by atoms with E-state index in [0.717, 1.165) is 11.8 Å². The number of hydrogen-bond acceptors (Lipinski definition) is 3. The number of rotatable bonds is 5. The summed E-state index contributed by atoms with van der Waals surface area (Å²) in [4.78, 5) is 10.6. The first-order valence-electron chi connectivity index (χ1n) is 4.11. The van der Waals surface area contributed by atoms with E-state index in [-0.39, 0.29) is 13.2 Å². The van der Waals surface area contributed by atoms with Crippen LogP contribution in [0.5, 0.6) is 0 Å². The van der Waals surface area contributed by atoms with Gasteiger partial charge in [-0.25, -0.2) is 0 Å². The molecule has 1 atom stereocenters. The second kappa shape index (κ2) is 5.45. The molecule has 3 nitrogen and oxygen atoms in total. The molecule has 0 radical (unpaired) electrons. The van der Waals surface area contributed by atoms with Gasteiger partial charge in [-0.05, 0) is 5.56 Å². The first kappa shape index (κ1) is 9.89. The summed E-state index contributed by atoms with van der Waals surface area (Å²) in [5.74, 6) is 0. The van der Waals surface area contributed by atoms with Crippen LogP contribution in [-0.2, 0) is 9.53 Å². The highest BCUT2D eigenvalue weighted by Gasteiger charge is 2.08. The van der Waals surface area contributed by atoms with Crippen molar-refractivity contribution >= 4 is 6.29 Å². The van der Waals surface area contributed by atoms with Gasteiger partial charge in [-0.1, -0.05) is 30.3 Å². The molecule has 1 rings (SSSR count). The maximum atomic E-state index is 10.6. The molecule has 0 fully saturated rings. The van der Waals surface area contributed by atoms with Crippen LogP contribution in [0.1, 0.15) is 11.7 Å². The van der Waals surface area contributed by atoms with E-state index in [9.17, 15) is 4.79 Å². The van der Waals surface area contributed by atoms with Crippen LogP contribution in [-0.4, -0.2) is 24.6 Å². The van der Waals surface area contributed by atoms with Gasteiger partial charge in [-0.15, -0.1) is 0 Å². The predicted octanol–water partition coefficient (Wildman–Crippen LogP) is 0.935. The normalized spacial score (nSPS) is 12.4. The smallest absolute Gasteiger partial charge is 0.153 e. The number of aldehydes is 1. The Morgan fingerprint density at radius 1 is 1.38 bits per heavy atom. The summed E-state index contributed by atoms with van der Waals surface area (Å²) in [6.45, 7) is 0.107. The minimum Gasteiger partial charge on any atom is -0.394 e. The first-order valence-corrected chi connectivity index (χ1v) is 4.11. The maximum absolute atomic E-state index is 10.6. The van der Waals surface area contributed by atoms with E-state index in [1.165, 1.54) is 0 Å². The Morgan fingerprint density at radius 3 is 2.62 bits per heavy atom. The monoisotopic (exact) mass is 180 g/mol. The van der Waals surface area contributed by atoms with Crippen molar-refractivity contribution in [2.45, 2.75) is 6.10 Å². The zero-order valence-electron chi connectivity index (χ0n) is 7.22. The van der Waals surface area contributed by atoms with Gasteiger partial charge >= 0.3 is 0 Å². The number of ether oxygens (including phenoxy) is 1. The molecule has 0 saturated carbocycles. The summed E-state index contributed by atoms with van der Waals surface area (Å²) >= 11 is 0. The van der Waals surface area contributed by atoms with Gasteiger partial charge in [-0.3, -0.25) is 0 Å². The van der Waals surface area contributed by atoms with Gasteiger partial charge in [0.25, 0.3) is 0 Å². The lowest BCUT2D eigenvalue weighted by Crippen LogP contribution is -2.08. The fourth-order valence-corrected chi connectivity index (χ4v) is 1.04. The molecule has 1 aromatic carbocycles. The highest BCUT2D eigenvalue weighted by atomic mass is 16.5. The molecule has 0 aliphatic carbocycles. The Morgan fingerprint density at radius 2 is 2.08 bits per heavy atom. The molecule has 3 heteroatoms. The molecular formula is C10H12O3. The highest BCUT2D eigenvalue weighted by molar-refractivity contribution is 5.59. The van der Waals surface area contributed by atoms with E-state index in [0.29, 0.717) is 0 Å². The van der Waals surface area contributed by atoms with E-state index in [1.54, 1.807) is 0 Å².